The van der Waals surface area contributed by atoms with Crippen molar-refractivity contribution in [3.05, 3.63) is 84.4 Å². The van der Waals surface area contributed by atoms with Crippen LogP contribution in [0.4, 0.5) is 10.5 Å². The first-order valence-electron chi connectivity index (χ1n) is 12.4. The third-order valence-electron chi connectivity index (χ3n) is 6.03. The molecule has 0 aromatic heterocycles. The molecule has 0 spiro atoms. The van der Waals surface area contributed by atoms with Crippen molar-refractivity contribution >= 4 is 17.7 Å². The maximum absolute atomic E-state index is 12.8. The van der Waals surface area contributed by atoms with Crippen LogP contribution >= 0.6 is 0 Å². The number of ether oxygens (including phenoxy) is 2. The summed E-state index contributed by atoms with van der Waals surface area (Å²) in [4.78, 5) is 26.8. The molecular formula is C30H34N2O4. The zero-order valence-corrected chi connectivity index (χ0v) is 21.2. The molecule has 0 saturated carbocycles. The molecule has 1 heterocycles. The quantitative estimate of drug-likeness (QED) is 0.431. The van der Waals surface area contributed by atoms with Gasteiger partial charge in [-0.2, -0.15) is 0 Å². The zero-order valence-electron chi connectivity index (χ0n) is 21.2. The molecule has 0 radical (unpaired) electrons. The van der Waals surface area contributed by atoms with Gasteiger partial charge in [0.05, 0.1) is 5.92 Å². The summed E-state index contributed by atoms with van der Waals surface area (Å²) in [5, 5.41) is 2.97. The average Bonchev–Trinajstić information content (AvgIpc) is 2.88. The Labute approximate surface area is 213 Å². The number of nitrogens with one attached hydrogen (secondary N) is 1. The Morgan fingerprint density at radius 3 is 2.25 bits per heavy atom. The molecule has 1 unspecified atom stereocenters. The van der Waals surface area contributed by atoms with Crippen LogP contribution in [0.15, 0.2) is 78.9 Å². The van der Waals surface area contributed by atoms with Gasteiger partial charge in [-0.1, -0.05) is 54.6 Å². The van der Waals surface area contributed by atoms with Gasteiger partial charge in [0.1, 0.15) is 18.0 Å². The number of anilines is 1. The number of piperidine rings is 1. The lowest BCUT2D eigenvalue weighted by atomic mass is 9.97. The fourth-order valence-electron chi connectivity index (χ4n) is 4.15. The predicted octanol–water partition coefficient (Wildman–Crippen LogP) is 6.52. The molecular weight excluding hydrogens is 452 g/mol. The molecule has 6 heteroatoms. The van der Waals surface area contributed by atoms with Gasteiger partial charge < -0.3 is 19.7 Å². The first-order valence-corrected chi connectivity index (χ1v) is 12.4. The minimum absolute atomic E-state index is 0.0876. The van der Waals surface area contributed by atoms with Crippen molar-refractivity contribution < 1.29 is 19.1 Å². The molecule has 1 saturated heterocycles. The summed E-state index contributed by atoms with van der Waals surface area (Å²) in [6, 6.07) is 26.0. The second-order valence-corrected chi connectivity index (χ2v) is 10.1. The van der Waals surface area contributed by atoms with Gasteiger partial charge in [-0.25, -0.2) is 4.79 Å². The van der Waals surface area contributed by atoms with Crippen LogP contribution in [0.2, 0.25) is 0 Å². The number of amides is 2. The van der Waals surface area contributed by atoms with E-state index in [4.69, 9.17) is 9.47 Å². The van der Waals surface area contributed by atoms with Crippen LogP contribution in [0.1, 0.15) is 39.2 Å². The standard InChI is InChI=1S/C30H34N2O4/c1-30(2,3)36-29(34)32-19-7-10-25(20-32)28(33)31-26-15-17-27(18-16-26)35-21-22-11-13-24(14-12-22)23-8-5-4-6-9-23/h4-6,8-9,11-18,25H,7,10,19-21H2,1-3H3,(H,31,33). The van der Waals surface area contributed by atoms with Crippen molar-refractivity contribution in [2.45, 2.75) is 45.8 Å². The van der Waals surface area contributed by atoms with E-state index in [1.807, 2.05) is 63.2 Å². The van der Waals surface area contributed by atoms with Crippen molar-refractivity contribution in [2.75, 3.05) is 18.4 Å². The van der Waals surface area contributed by atoms with Crippen molar-refractivity contribution in [3.8, 4) is 16.9 Å². The third kappa shape index (κ3) is 7.11. The summed E-state index contributed by atoms with van der Waals surface area (Å²) >= 11 is 0. The van der Waals surface area contributed by atoms with Crippen LogP contribution < -0.4 is 10.1 Å². The predicted molar refractivity (Wildman–Crippen MR) is 142 cm³/mol. The van der Waals surface area contributed by atoms with Crippen molar-refractivity contribution in [3.63, 3.8) is 0 Å². The first kappa shape index (κ1) is 25.3. The Morgan fingerprint density at radius 1 is 0.917 bits per heavy atom. The molecule has 1 aliphatic heterocycles. The van der Waals surface area contributed by atoms with Gasteiger partial charge in [-0.05, 0) is 74.6 Å². The highest BCUT2D eigenvalue weighted by molar-refractivity contribution is 5.93. The minimum atomic E-state index is -0.554. The summed E-state index contributed by atoms with van der Waals surface area (Å²) in [6.45, 7) is 6.96. The van der Waals surface area contributed by atoms with Crippen molar-refractivity contribution in [1.29, 1.82) is 0 Å². The van der Waals surface area contributed by atoms with Gasteiger partial charge in [-0.15, -0.1) is 0 Å². The number of benzene rings is 3. The van der Waals surface area contributed by atoms with Crippen LogP contribution in [-0.4, -0.2) is 35.6 Å². The maximum Gasteiger partial charge on any atom is 0.410 e. The van der Waals surface area contributed by atoms with Gasteiger partial charge in [0, 0.05) is 18.8 Å². The number of hydrogen-bond donors (Lipinski definition) is 1. The SMILES string of the molecule is CC(C)(C)OC(=O)N1CCCC(C(=O)Nc2ccc(OCc3ccc(-c4ccccc4)cc3)cc2)C1. The first-order chi connectivity index (χ1) is 17.3. The van der Waals surface area contributed by atoms with Gasteiger partial charge in [0.2, 0.25) is 5.91 Å². The molecule has 6 nitrogen and oxygen atoms in total. The molecule has 188 valence electrons. The van der Waals surface area contributed by atoms with Crippen LogP contribution in [0.5, 0.6) is 5.75 Å². The topological polar surface area (TPSA) is 67.9 Å². The number of likely N-dealkylation sites (tertiary alicyclic amines) is 1. The van der Waals surface area contributed by atoms with Gasteiger partial charge in [-0.3, -0.25) is 4.79 Å². The lowest BCUT2D eigenvalue weighted by molar-refractivity contribution is -0.121. The van der Waals surface area contributed by atoms with Crippen molar-refractivity contribution in [1.82, 2.24) is 4.90 Å². The molecule has 1 fully saturated rings. The highest BCUT2D eigenvalue weighted by Gasteiger charge is 2.31. The highest BCUT2D eigenvalue weighted by Crippen LogP contribution is 2.23. The summed E-state index contributed by atoms with van der Waals surface area (Å²) in [5.74, 6) is 0.380. The van der Waals surface area contributed by atoms with Crippen LogP contribution in [-0.2, 0) is 16.1 Å². The summed E-state index contributed by atoms with van der Waals surface area (Å²) in [7, 11) is 0. The molecule has 0 bridgehead atoms. The van der Waals surface area contributed by atoms with E-state index in [1.165, 1.54) is 11.1 Å². The molecule has 1 atom stereocenters. The fraction of sp³-hybridized carbons (Fsp3) is 0.333. The van der Waals surface area contributed by atoms with E-state index >= 15 is 0 Å². The van der Waals surface area contributed by atoms with Gasteiger partial charge in [0.25, 0.3) is 0 Å². The summed E-state index contributed by atoms with van der Waals surface area (Å²) in [6.07, 6.45) is 1.16. The monoisotopic (exact) mass is 486 g/mol. The number of nitrogens with zero attached hydrogens (tertiary/aromatic N) is 1. The van der Waals surface area contributed by atoms with Crippen LogP contribution in [0.3, 0.4) is 0 Å². The van der Waals surface area contributed by atoms with E-state index in [1.54, 1.807) is 4.90 Å². The molecule has 3 aromatic carbocycles. The third-order valence-corrected chi connectivity index (χ3v) is 6.03. The second kappa shape index (κ2) is 11.3. The second-order valence-electron chi connectivity index (χ2n) is 10.1. The molecule has 36 heavy (non-hydrogen) atoms. The number of carbonyl (C=O) groups excluding carboxylic acids is 2. The Bertz CT molecular complexity index is 1150. The molecule has 2 amide bonds. The average molecular weight is 487 g/mol. The van der Waals surface area contributed by atoms with E-state index in [9.17, 15) is 9.59 Å². The molecule has 0 aliphatic carbocycles. The number of rotatable bonds is 6. The highest BCUT2D eigenvalue weighted by atomic mass is 16.6. The molecule has 1 aliphatic rings. The van der Waals surface area contributed by atoms with Crippen LogP contribution in [0, 0.1) is 5.92 Å². The smallest absolute Gasteiger partial charge is 0.410 e. The molecule has 3 aromatic rings. The van der Waals surface area contributed by atoms with E-state index in [-0.39, 0.29) is 17.9 Å². The van der Waals surface area contributed by atoms with E-state index in [0.29, 0.717) is 25.4 Å². The van der Waals surface area contributed by atoms with Gasteiger partial charge >= 0.3 is 6.09 Å². The number of carbonyl (C=O) groups is 2. The Balaban J connectivity index is 1.26. The Morgan fingerprint density at radius 2 is 1.58 bits per heavy atom. The number of hydrogen-bond acceptors (Lipinski definition) is 4. The molecule has 1 N–H and O–H groups in total. The van der Waals surface area contributed by atoms with E-state index < -0.39 is 5.60 Å². The normalized spacial score (nSPS) is 15.8. The molecule has 4 rings (SSSR count). The van der Waals surface area contributed by atoms with Crippen LogP contribution in [0.25, 0.3) is 11.1 Å². The summed E-state index contributed by atoms with van der Waals surface area (Å²) in [5.41, 5.74) is 3.59. The van der Waals surface area contributed by atoms with Gasteiger partial charge in [0.15, 0.2) is 0 Å². The lowest BCUT2D eigenvalue weighted by Gasteiger charge is -2.33. The van der Waals surface area contributed by atoms with Crippen molar-refractivity contribution in [2.24, 2.45) is 5.92 Å². The Hall–Kier alpha value is -3.80. The largest absolute Gasteiger partial charge is 0.489 e. The van der Waals surface area contributed by atoms with E-state index in [2.05, 4.69) is 41.7 Å². The summed E-state index contributed by atoms with van der Waals surface area (Å²) < 4.78 is 11.4. The van der Waals surface area contributed by atoms with E-state index in [0.717, 1.165) is 24.2 Å². The fourth-order valence-corrected chi connectivity index (χ4v) is 4.15. The Kier molecular flexibility index (Phi) is 7.93. The zero-order chi connectivity index (χ0) is 25.5. The maximum atomic E-state index is 12.8. The minimum Gasteiger partial charge on any atom is -0.489 e. The lowest BCUT2D eigenvalue weighted by Crippen LogP contribution is -2.45.